The van der Waals surface area contributed by atoms with E-state index in [2.05, 4.69) is 66.3 Å². The highest BCUT2D eigenvalue weighted by molar-refractivity contribution is 7.14. The number of hydrogen-bond acceptors (Lipinski definition) is 4. The number of nitrogens with zero attached hydrogens (tertiary/aromatic N) is 1. The van der Waals surface area contributed by atoms with Gasteiger partial charge in [-0.05, 0) is 40.8 Å². The van der Waals surface area contributed by atoms with E-state index in [1.807, 2.05) is 11.4 Å². The second-order valence-corrected chi connectivity index (χ2v) is 8.99. The van der Waals surface area contributed by atoms with E-state index in [4.69, 9.17) is 5.26 Å². The predicted molar refractivity (Wildman–Crippen MR) is 116 cm³/mol. The van der Waals surface area contributed by atoms with E-state index < -0.39 is 0 Å². The molecule has 2 heterocycles. The van der Waals surface area contributed by atoms with Gasteiger partial charge in [0.2, 0.25) is 0 Å². The first kappa shape index (κ1) is 20.3. The maximum Gasteiger partial charge on any atom is 0.280 e. The summed E-state index contributed by atoms with van der Waals surface area (Å²) in [4.78, 5) is 13.6. The molecule has 0 radical (unpaired) electrons. The van der Waals surface area contributed by atoms with Crippen molar-refractivity contribution in [3.8, 4) is 6.07 Å². The van der Waals surface area contributed by atoms with Crippen LogP contribution in [0.25, 0.3) is 0 Å². The van der Waals surface area contributed by atoms with Crippen molar-refractivity contribution in [2.24, 2.45) is 5.92 Å². The monoisotopic (exact) mass is 410 g/mol. The van der Waals surface area contributed by atoms with E-state index in [0.29, 0.717) is 23.0 Å². The van der Waals surface area contributed by atoms with Gasteiger partial charge in [0.1, 0.15) is 17.1 Å². The number of nitriles is 1. The van der Waals surface area contributed by atoms with Crippen LogP contribution in [-0.2, 0) is 11.2 Å². The maximum atomic E-state index is 12.4. The molecule has 0 unspecified atom stereocenters. The topological polar surface area (TPSA) is 69.5 Å². The molecule has 1 aromatic carbocycles. The summed E-state index contributed by atoms with van der Waals surface area (Å²) in [6.07, 6.45) is 1.07. The summed E-state index contributed by atoms with van der Waals surface area (Å²) in [5, 5.41) is 18.5. The van der Waals surface area contributed by atoms with Crippen LogP contribution >= 0.6 is 22.7 Å². The molecule has 0 fully saturated rings. The molecule has 144 valence electrons. The molecule has 0 aliphatic carbocycles. The van der Waals surface area contributed by atoms with Crippen LogP contribution in [0.4, 0.5) is 5.00 Å². The lowest BCUT2D eigenvalue weighted by molar-refractivity contribution is -0.675. The minimum atomic E-state index is -0.100. The fourth-order valence-electron chi connectivity index (χ4n) is 3.11. The van der Waals surface area contributed by atoms with Crippen LogP contribution in [0, 0.1) is 17.2 Å². The minimum absolute atomic E-state index is 0.0811. The lowest BCUT2D eigenvalue weighted by atomic mass is 9.99. The second-order valence-electron chi connectivity index (χ2n) is 7.10. The van der Waals surface area contributed by atoms with Gasteiger partial charge in [-0.1, -0.05) is 44.2 Å². The van der Waals surface area contributed by atoms with Crippen molar-refractivity contribution in [1.29, 1.82) is 5.26 Å². The molecule has 0 spiro atoms. The Kier molecular flexibility index (Phi) is 6.99. The fraction of sp³-hybridized carbons (Fsp3) is 0.273. The zero-order chi connectivity index (χ0) is 19.9. The van der Waals surface area contributed by atoms with Gasteiger partial charge >= 0.3 is 0 Å². The SMILES string of the molecule is CC(C)Cc1ccc([C@@H]([NH2+]CC(=O)Nc2sccc2C#N)c2cccs2)cc1. The molecule has 4 nitrogen and oxygen atoms in total. The lowest BCUT2D eigenvalue weighted by Gasteiger charge is -2.15. The Morgan fingerprint density at radius 1 is 1.14 bits per heavy atom. The van der Waals surface area contributed by atoms with E-state index in [-0.39, 0.29) is 11.9 Å². The summed E-state index contributed by atoms with van der Waals surface area (Å²) < 4.78 is 0. The van der Waals surface area contributed by atoms with Gasteiger partial charge in [0.05, 0.1) is 10.4 Å². The van der Waals surface area contributed by atoms with E-state index in [1.165, 1.54) is 27.3 Å². The Hall–Kier alpha value is -2.46. The molecule has 0 aliphatic rings. The number of nitrogens with one attached hydrogen (secondary N) is 1. The standard InChI is InChI=1S/C22H23N3OS2/c1-15(2)12-16-5-7-17(8-6-16)21(19-4-3-10-27-19)24-14-20(26)25-22-18(13-23)9-11-28-22/h3-11,15,21,24H,12,14H2,1-2H3,(H,25,26)/p+1/t21-/m1/s1. The second kappa shape index (κ2) is 9.65. The van der Waals surface area contributed by atoms with Crippen molar-refractivity contribution in [3.05, 3.63) is 74.8 Å². The molecule has 1 atom stereocenters. The number of thiophene rings is 2. The summed E-state index contributed by atoms with van der Waals surface area (Å²) in [7, 11) is 0. The van der Waals surface area contributed by atoms with E-state index in [0.717, 1.165) is 6.42 Å². The largest absolute Gasteiger partial charge is 0.328 e. The number of carbonyl (C=O) groups is 1. The molecule has 3 N–H and O–H groups in total. The Balaban J connectivity index is 1.69. The van der Waals surface area contributed by atoms with E-state index in [9.17, 15) is 4.79 Å². The van der Waals surface area contributed by atoms with Crippen LogP contribution in [0.5, 0.6) is 0 Å². The normalized spacial score (nSPS) is 11.9. The quantitative estimate of drug-likeness (QED) is 0.585. The van der Waals surface area contributed by atoms with Crippen molar-refractivity contribution in [3.63, 3.8) is 0 Å². The number of hydrogen-bond donors (Lipinski definition) is 2. The third-order valence-corrected chi connectivity index (χ3v) is 6.20. The maximum absolute atomic E-state index is 12.4. The van der Waals surface area contributed by atoms with Crippen molar-refractivity contribution in [2.75, 3.05) is 11.9 Å². The van der Waals surface area contributed by atoms with Crippen LogP contribution in [0.1, 0.15) is 41.5 Å². The highest BCUT2D eigenvalue weighted by Gasteiger charge is 2.20. The predicted octanol–water partition coefficient (Wildman–Crippen LogP) is 4.17. The summed E-state index contributed by atoms with van der Waals surface area (Å²) >= 11 is 3.07. The van der Waals surface area contributed by atoms with Gasteiger partial charge in [0.15, 0.2) is 6.54 Å². The molecule has 0 aliphatic heterocycles. The van der Waals surface area contributed by atoms with E-state index >= 15 is 0 Å². The first-order chi connectivity index (χ1) is 13.6. The first-order valence-electron chi connectivity index (χ1n) is 9.30. The van der Waals surface area contributed by atoms with Crippen molar-refractivity contribution in [1.82, 2.24) is 0 Å². The molecule has 3 aromatic rings. The van der Waals surface area contributed by atoms with Crippen LogP contribution in [0.3, 0.4) is 0 Å². The van der Waals surface area contributed by atoms with Crippen LogP contribution in [-0.4, -0.2) is 12.5 Å². The Morgan fingerprint density at radius 3 is 2.57 bits per heavy atom. The molecule has 0 saturated heterocycles. The van der Waals surface area contributed by atoms with Gasteiger partial charge in [-0.2, -0.15) is 5.26 Å². The first-order valence-corrected chi connectivity index (χ1v) is 11.1. The third kappa shape index (κ3) is 5.29. The van der Waals surface area contributed by atoms with Gasteiger partial charge in [0, 0.05) is 5.56 Å². The zero-order valence-electron chi connectivity index (χ0n) is 16.0. The fourth-order valence-corrected chi connectivity index (χ4v) is 4.72. The minimum Gasteiger partial charge on any atom is -0.328 e. The number of benzene rings is 1. The Morgan fingerprint density at radius 2 is 1.93 bits per heavy atom. The van der Waals surface area contributed by atoms with Gasteiger partial charge in [-0.15, -0.1) is 22.7 Å². The molecule has 28 heavy (non-hydrogen) atoms. The molecule has 3 rings (SSSR count). The number of anilines is 1. The molecule has 2 aromatic heterocycles. The van der Waals surface area contributed by atoms with Crippen molar-refractivity contribution < 1.29 is 10.1 Å². The lowest BCUT2D eigenvalue weighted by Crippen LogP contribution is -2.87. The highest BCUT2D eigenvalue weighted by atomic mass is 32.1. The van der Waals surface area contributed by atoms with Crippen LogP contribution in [0.2, 0.25) is 0 Å². The van der Waals surface area contributed by atoms with Gasteiger partial charge in [-0.25, -0.2) is 0 Å². The number of quaternary nitrogens is 1. The number of carbonyl (C=O) groups excluding carboxylic acids is 1. The summed E-state index contributed by atoms with van der Waals surface area (Å²) in [5.74, 6) is 0.529. The number of amides is 1. The zero-order valence-corrected chi connectivity index (χ0v) is 17.6. The Bertz CT molecular complexity index is 937. The molecule has 1 amide bonds. The van der Waals surface area contributed by atoms with Crippen LogP contribution < -0.4 is 10.6 Å². The average Bonchev–Trinajstić information content (AvgIpc) is 3.34. The number of rotatable bonds is 8. The average molecular weight is 411 g/mol. The third-order valence-electron chi connectivity index (χ3n) is 4.41. The summed E-state index contributed by atoms with van der Waals surface area (Å²) in [6, 6.07) is 16.8. The summed E-state index contributed by atoms with van der Waals surface area (Å²) in [5.41, 5.74) is 3.04. The molecular formula is C22H24N3OS2+. The van der Waals surface area contributed by atoms with Crippen molar-refractivity contribution in [2.45, 2.75) is 26.3 Å². The highest BCUT2D eigenvalue weighted by Crippen LogP contribution is 2.24. The molecule has 6 heteroatoms. The van der Waals surface area contributed by atoms with Gasteiger partial charge < -0.3 is 10.6 Å². The van der Waals surface area contributed by atoms with Crippen molar-refractivity contribution >= 4 is 33.6 Å². The van der Waals surface area contributed by atoms with Gasteiger partial charge in [0.25, 0.3) is 5.91 Å². The Labute approximate surface area is 173 Å². The smallest absolute Gasteiger partial charge is 0.280 e. The number of nitrogens with two attached hydrogens (primary N) is 1. The molecule has 0 saturated carbocycles. The van der Waals surface area contributed by atoms with Gasteiger partial charge in [-0.3, -0.25) is 4.79 Å². The molecular weight excluding hydrogens is 386 g/mol. The van der Waals surface area contributed by atoms with E-state index in [1.54, 1.807) is 17.4 Å². The van der Waals surface area contributed by atoms with Crippen LogP contribution in [0.15, 0.2) is 53.2 Å². The molecule has 0 bridgehead atoms. The summed E-state index contributed by atoms with van der Waals surface area (Å²) in [6.45, 7) is 4.74.